The molecule has 1 saturated carbocycles. The number of aromatic carboxylic acids is 1. The molecule has 2 aromatic carbocycles. The van der Waals surface area contributed by atoms with Gasteiger partial charge in [0, 0.05) is 36.2 Å². The van der Waals surface area contributed by atoms with Crippen molar-refractivity contribution >= 4 is 16.9 Å². The van der Waals surface area contributed by atoms with Crippen LogP contribution in [0.3, 0.4) is 0 Å². The second kappa shape index (κ2) is 7.03. The van der Waals surface area contributed by atoms with Crippen molar-refractivity contribution in [3.8, 4) is 0 Å². The number of nitrogens with zero attached hydrogens (tertiary/aromatic N) is 1. The summed E-state index contributed by atoms with van der Waals surface area (Å²) in [6.07, 6.45) is 5.95. The molecule has 1 aliphatic carbocycles. The molecular formula is C25H28N2O2. The van der Waals surface area contributed by atoms with Gasteiger partial charge in [0.05, 0.1) is 5.56 Å². The molecule has 0 bridgehead atoms. The van der Waals surface area contributed by atoms with Gasteiger partial charge >= 0.3 is 5.97 Å². The van der Waals surface area contributed by atoms with E-state index in [2.05, 4.69) is 35.9 Å². The molecule has 3 aromatic rings. The van der Waals surface area contributed by atoms with Crippen LogP contribution in [0.15, 0.2) is 42.6 Å². The number of aromatic amines is 1. The van der Waals surface area contributed by atoms with Gasteiger partial charge in [0.1, 0.15) is 0 Å². The van der Waals surface area contributed by atoms with Crippen molar-refractivity contribution in [1.82, 2.24) is 9.88 Å². The van der Waals surface area contributed by atoms with Crippen LogP contribution in [0.5, 0.6) is 0 Å². The number of hydrogen-bond acceptors (Lipinski definition) is 2. The van der Waals surface area contributed by atoms with Crippen molar-refractivity contribution in [2.24, 2.45) is 11.8 Å². The van der Waals surface area contributed by atoms with Gasteiger partial charge in [-0.05, 0) is 79.0 Å². The molecule has 2 aliphatic rings. The first-order valence-electron chi connectivity index (χ1n) is 10.7. The minimum atomic E-state index is -0.858. The van der Waals surface area contributed by atoms with E-state index in [9.17, 15) is 9.90 Å². The van der Waals surface area contributed by atoms with Gasteiger partial charge in [-0.3, -0.25) is 4.90 Å². The molecule has 150 valence electrons. The van der Waals surface area contributed by atoms with Crippen molar-refractivity contribution in [3.63, 3.8) is 0 Å². The summed E-state index contributed by atoms with van der Waals surface area (Å²) < 4.78 is 0. The first-order chi connectivity index (χ1) is 14.0. The number of carboxylic acids is 1. The molecule has 4 heteroatoms. The first-order valence-corrected chi connectivity index (χ1v) is 10.7. The van der Waals surface area contributed by atoms with E-state index in [0.717, 1.165) is 19.0 Å². The van der Waals surface area contributed by atoms with Crippen LogP contribution < -0.4 is 0 Å². The molecule has 2 unspecified atom stereocenters. The predicted octanol–water partition coefficient (Wildman–Crippen LogP) is 5.46. The quantitative estimate of drug-likeness (QED) is 0.624. The van der Waals surface area contributed by atoms with Crippen LogP contribution in [-0.2, 0) is 6.54 Å². The minimum absolute atomic E-state index is 0.365. The van der Waals surface area contributed by atoms with Crippen molar-refractivity contribution in [1.29, 1.82) is 0 Å². The molecule has 3 atom stereocenters. The number of aromatic nitrogens is 1. The van der Waals surface area contributed by atoms with Crippen LogP contribution in [0.25, 0.3) is 10.9 Å². The summed E-state index contributed by atoms with van der Waals surface area (Å²) in [5, 5.41) is 10.6. The smallest absolute Gasteiger partial charge is 0.335 e. The van der Waals surface area contributed by atoms with Gasteiger partial charge in [-0.1, -0.05) is 24.6 Å². The van der Waals surface area contributed by atoms with E-state index in [1.54, 1.807) is 12.1 Å². The third-order valence-corrected chi connectivity index (χ3v) is 7.22. The summed E-state index contributed by atoms with van der Waals surface area (Å²) in [5.41, 5.74) is 6.94. The number of carboxylic acid groups (broad SMARTS) is 1. The lowest BCUT2D eigenvalue weighted by atomic mass is 9.89. The average Bonchev–Trinajstić information content (AvgIpc) is 3.41. The Morgan fingerprint density at radius 1 is 1.14 bits per heavy atom. The number of H-pyrrole nitrogens is 1. The molecule has 2 N–H and O–H groups in total. The molecule has 2 heterocycles. The summed E-state index contributed by atoms with van der Waals surface area (Å²) in [7, 11) is 0. The van der Waals surface area contributed by atoms with Gasteiger partial charge in [-0.15, -0.1) is 0 Å². The SMILES string of the molecule is Cc1cc(C)c2[nH]ccc2c1CN1C[C@@H]2CCCC2C1c1ccc(C(=O)O)cc1. The largest absolute Gasteiger partial charge is 0.478 e. The molecule has 0 radical (unpaired) electrons. The maximum atomic E-state index is 11.3. The van der Waals surface area contributed by atoms with Crippen molar-refractivity contribution in [2.75, 3.05) is 6.54 Å². The lowest BCUT2D eigenvalue weighted by Crippen LogP contribution is -2.26. The lowest BCUT2D eigenvalue weighted by Gasteiger charge is -2.29. The third kappa shape index (κ3) is 3.06. The molecule has 2 fully saturated rings. The van der Waals surface area contributed by atoms with E-state index in [4.69, 9.17) is 0 Å². The Kier molecular flexibility index (Phi) is 4.47. The molecule has 1 aliphatic heterocycles. The van der Waals surface area contributed by atoms with E-state index in [1.165, 1.54) is 52.4 Å². The minimum Gasteiger partial charge on any atom is -0.478 e. The highest BCUT2D eigenvalue weighted by molar-refractivity contribution is 5.88. The normalized spacial score (nSPS) is 24.3. The molecule has 0 amide bonds. The first kappa shape index (κ1) is 18.4. The van der Waals surface area contributed by atoms with Crippen molar-refractivity contribution < 1.29 is 9.90 Å². The Bertz CT molecular complexity index is 1070. The average molecular weight is 389 g/mol. The molecule has 4 nitrogen and oxygen atoms in total. The fourth-order valence-corrected chi connectivity index (χ4v) is 5.89. The summed E-state index contributed by atoms with van der Waals surface area (Å²) in [4.78, 5) is 17.3. The fraction of sp³-hybridized carbons (Fsp3) is 0.400. The van der Waals surface area contributed by atoms with Crippen LogP contribution in [0.4, 0.5) is 0 Å². The molecule has 5 rings (SSSR count). The second-order valence-electron chi connectivity index (χ2n) is 8.91. The highest BCUT2D eigenvalue weighted by Gasteiger charge is 2.44. The zero-order valence-electron chi connectivity index (χ0n) is 17.1. The maximum Gasteiger partial charge on any atom is 0.335 e. The maximum absolute atomic E-state index is 11.3. The summed E-state index contributed by atoms with van der Waals surface area (Å²) in [5.74, 6) is 0.577. The summed E-state index contributed by atoms with van der Waals surface area (Å²) in [6, 6.07) is 12.5. The van der Waals surface area contributed by atoms with E-state index >= 15 is 0 Å². The molecular weight excluding hydrogens is 360 g/mol. The number of rotatable bonds is 4. The van der Waals surface area contributed by atoms with E-state index in [0.29, 0.717) is 17.5 Å². The molecule has 1 aromatic heterocycles. The van der Waals surface area contributed by atoms with Gasteiger partial charge in [-0.2, -0.15) is 0 Å². The Morgan fingerprint density at radius 2 is 1.93 bits per heavy atom. The fourth-order valence-electron chi connectivity index (χ4n) is 5.89. The number of fused-ring (bicyclic) bond motifs is 2. The second-order valence-corrected chi connectivity index (χ2v) is 8.91. The Morgan fingerprint density at radius 3 is 2.69 bits per heavy atom. The lowest BCUT2D eigenvalue weighted by molar-refractivity contribution is 0.0697. The Hall–Kier alpha value is -2.59. The van der Waals surface area contributed by atoms with Gasteiger partial charge in [-0.25, -0.2) is 4.79 Å². The van der Waals surface area contributed by atoms with Crippen LogP contribution in [0.2, 0.25) is 0 Å². The zero-order chi connectivity index (χ0) is 20.1. The molecule has 0 spiro atoms. The summed E-state index contributed by atoms with van der Waals surface area (Å²) >= 11 is 0. The number of benzene rings is 2. The molecule has 1 saturated heterocycles. The monoisotopic (exact) mass is 388 g/mol. The van der Waals surface area contributed by atoms with Crippen LogP contribution >= 0.6 is 0 Å². The Labute approximate surface area is 171 Å². The van der Waals surface area contributed by atoms with E-state index < -0.39 is 5.97 Å². The van der Waals surface area contributed by atoms with Gasteiger partial charge < -0.3 is 10.1 Å². The predicted molar refractivity (Wildman–Crippen MR) is 115 cm³/mol. The van der Waals surface area contributed by atoms with Gasteiger partial charge in [0.2, 0.25) is 0 Å². The van der Waals surface area contributed by atoms with E-state index in [1.807, 2.05) is 18.3 Å². The third-order valence-electron chi connectivity index (χ3n) is 7.22. The number of nitrogens with one attached hydrogen (secondary N) is 1. The van der Waals surface area contributed by atoms with Crippen LogP contribution in [-0.4, -0.2) is 27.5 Å². The Balaban J connectivity index is 1.52. The molecule has 29 heavy (non-hydrogen) atoms. The number of carbonyl (C=O) groups is 1. The van der Waals surface area contributed by atoms with Crippen molar-refractivity contribution in [3.05, 3.63) is 70.4 Å². The van der Waals surface area contributed by atoms with Gasteiger partial charge in [0.25, 0.3) is 0 Å². The topological polar surface area (TPSA) is 56.3 Å². The van der Waals surface area contributed by atoms with Crippen molar-refractivity contribution in [2.45, 2.75) is 45.7 Å². The summed E-state index contributed by atoms with van der Waals surface area (Å²) in [6.45, 7) is 6.47. The number of aryl methyl sites for hydroxylation is 2. The number of likely N-dealkylation sites (tertiary alicyclic amines) is 1. The highest BCUT2D eigenvalue weighted by atomic mass is 16.4. The van der Waals surface area contributed by atoms with E-state index in [-0.39, 0.29) is 0 Å². The van der Waals surface area contributed by atoms with Crippen LogP contribution in [0, 0.1) is 25.7 Å². The van der Waals surface area contributed by atoms with Crippen LogP contribution in [0.1, 0.15) is 57.9 Å². The number of hydrogen-bond donors (Lipinski definition) is 2. The standard InChI is InChI=1S/C25H28N2O2/c1-15-12-16(2)23-21(10-11-26-23)22(15)14-27-13-19-4-3-5-20(19)24(27)17-6-8-18(9-7-17)25(28)29/h6-12,19-20,24,26H,3-5,13-14H2,1-2H3,(H,28,29)/t19-,20?,24?/m0/s1. The highest BCUT2D eigenvalue weighted by Crippen LogP contribution is 2.50. The zero-order valence-corrected chi connectivity index (χ0v) is 17.1. The van der Waals surface area contributed by atoms with Gasteiger partial charge in [0.15, 0.2) is 0 Å².